The van der Waals surface area contributed by atoms with Gasteiger partial charge in [-0.2, -0.15) is 0 Å². The molecule has 94 valence electrons. The highest BCUT2D eigenvalue weighted by atomic mass is 16.5. The Morgan fingerprint density at radius 2 is 2.12 bits per heavy atom. The fourth-order valence-electron chi connectivity index (χ4n) is 2.67. The van der Waals surface area contributed by atoms with Gasteiger partial charge in [-0.25, -0.2) is 0 Å². The summed E-state index contributed by atoms with van der Waals surface area (Å²) in [5.74, 6) is 2.94. The molecule has 0 unspecified atom stereocenters. The maximum atomic E-state index is 5.26. The van der Waals surface area contributed by atoms with Crippen molar-refractivity contribution in [3.63, 3.8) is 0 Å². The predicted octanol–water partition coefficient (Wildman–Crippen LogP) is 4.45. The second kappa shape index (κ2) is 6.09. The van der Waals surface area contributed by atoms with Crippen molar-refractivity contribution in [2.75, 3.05) is 7.11 Å². The highest BCUT2D eigenvalue weighted by Gasteiger charge is 2.35. The van der Waals surface area contributed by atoms with Gasteiger partial charge in [-0.3, -0.25) is 0 Å². The van der Waals surface area contributed by atoms with Crippen LogP contribution in [0.4, 0.5) is 0 Å². The molecule has 1 aliphatic rings. The van der Waals surface area contributed by atoms with Crippen LogP contribution in [-0.2, 0) is 6.42 Å². The zero-order chi connectivity index (χ0) is 12.1. The number of hydrogen-bond donors (Lipinski definition) is 0. The third-order valence-electron chi connectivity index (χ3n) is 3.88. The van der Waals surface area contributed by atoms with Gasteiger partial charge in [-0.05, 0) is 42.4 Å². The van der Waals surface area contributed by atoms with E-state index < -0.39 is 0 Å². The van der Waals surface area contributed by atoms with Crippen molar-refractivity contribution in [1.29, 1.82) is 0 Å². The van der Waals surface area contributed by atoms with E-state index in [1.54, 1.807) is 7.11 Å². The van der Waals surface area contributed by atoms with Crippen molar-refractivity contribution in [3.8, 4) is 5.75 Å². The molecule has 1 fully saturated rings. The van der Waals surface area contributed by atoms with Crippen molar-refractivity contribution in [2.45, 2.75) is 45.4 Å². The Bertz CT molecular complexity index is 345. The van der Waals surface area contributed by atoms with Crippen LogP contribution in [0.5, 0.6) is 5.75 Å². The first kappa shape index (κ1) is 12.5. The summed E-state index contributed by atoms with van der Waals surface area (Å²) in [6.45, 7) is 2.28. The van der Waals surface area contributed by atoms with Crippen LogP contribution in [0.3, 0.4) is 0 Å². The van der Waals surface area contributed by atoms with E-state index in [1.165, 1.54) is 44.1 Å². The van der Waals surface area contributed by atoms with Crippen LogP contribution < -0.4 is 4.74 Å². The maximum Gasteiger partial charge on any atom is 0.119 e. The molecular formula is C16H24O. The molecule has 0 spiro atoms. The first-order chi connectivity index (χ1) is 8.33. The molecule has 1 nitrogen and oxygen atoms in total. The Kier molecular flexibility index (Phi) is 4.47. The minimum absolute atomic E-state index is 0.943. The Hall–Kier alpha value is -0.980. The molecule has 0 amide bonds. The number of ether oxygens (including phenoxy) is 1. The average Bonchev–Trinajstić information content (AvgIpc) is 3.08. The third-order valence-corrected chi connectivity index (χ3v) is 3.88. The molecule has 0 saturated heterocycles. The molecule has 0 heterocycles. The van der Waals surface area contributed by atoms with Gasteiger partial charge < -0.3 is 4.74 Å². The fraction of sp³-hybridized carbons (Fsp3) is 0.625. The van der Waals surface area contributed by atoms with Gasteiger partial charge in [-0.15, -0.1) is 0 Å². The molecular weight excluding hydrogens is 208 g/mol. The Labute approximate surface area is 105 Å². The minimum atomic E-state index is 0.943. The lowest BCUT2D eigenvalue weighted by Crippen LogP contribution is -1.92. The number of methoxy groups -OCH3 is 1. The molecule has 0 aromatic heterocycles. The first-order valence-corrected chi connectivity index (χ1v) is 6.96. The molecule has 1 aliphatic carbocycles. The molecule has 0 N–H and O–H groups in total. The lowest BCUT2D eigenvalue weighted by molar-refractivity contribution is 0.414. The van der Waals surface area contributed by atoms with E-state index in [9.17, 15) is 0 Å². The second-order valence-electron chi connectivity index (χ2n) is 5.31. The minimum Gasteiger partial charge on any atom is -0.497 e. The summed E-state index contributed by atoms with van der Waals surface area (Å²) < 4.78 is 5.26. The molecule has 1 saturated carbocycles. The van der Waals surface area contributed by atoms with Gasteiger partial charge in [0, 0.05) is 0 Å². The summed E-state index contributed by atoms with van der Waals surface area (Å²) in [5, 5.41) is 0. The second-order valence-corrected chi connectivity index (χ2v) is 5.31. The van der Waals surface area contributed by atoms with E-state index in [-0.39, 0.29) is 0 Å². The van der Waals surface area contributed by atoms with Crippen LogP contribution in [0, 0.1) is 11.8 Å². The van der Waals surface area contributed by atoms with Crippen molar-refractivity contribution < 1.29 is 4.74 Å². The standard InChI is InChI=1S/C16H24O/c1-3-4-5-8-14-12-15(14)10-13-7-6-9-16(11-13)17-2/h6-7,9,11,14-15H,3-5,8,10,12H2,1-2H3/t14-,15-/m1/s1. The summed E-state index contributed by atoms with van der Waals surface area (Å²) in [4.78, 5) is 0. The average molecular weight is 232 g/mol. The van der Waals surface area contributed by atoms with Gasteiger partial charge in [0.05, 0.1) is 7.11 Å². The van der Waals surface area contributed by atoms with Crippen LogP contribution in [0.2, 0.25) is 0 Å². The van der Waals surface area contributed by atoms with Crippen molar-refractivity contribution >= 4 is 0 Å². The Morgan fingerprint density at radius 3 is 2.88 bits per heavy atom. The third kappa shape index (κ3) is 3.76. The Morgan fingerprint density at radius 1 is 1.24 bits per heavy atom. The normalized spacial score (nSPS) is 22.5. The number of unbranched alkanes of at least 4 members (excludes halogenated alkanes) is 2. The van der Waals surface area contributed by atoms with Gasteiger partial charge >= 0.3 is 0 Å². The van der Waals surface area contributed by atoms with E-state index in [1.807, 2.05) is 6.07 Å². The molecule has 1 aromatic carbocycles. The quantitative estimate of drug-likeness (QED) is 0.631. The molecule has 17 heavy (non-hydrogen) atoms. The molecule has 0 bridgehead atoms. The van der Waals surface area contributed by atoms with E-state index >= 15 is 0 Å². The summed E-state index contributed by atoms with van der Waals surface area (Å²) >= 11 is 0. The number of hydrogen-bond acceptors (Lipinski definition) is 1. The lowest BCUT2D eigenvalue weighted by Gasteiger charge is -2.04. The summed E-state index contributed by atoms with van der Waals surface area (Å²) in [5.41, 5.74) is 1.44. The highest BCUT2D eigenvalue weighted by molar-refractivity contribution is 5.29. The van der Waals surface area contributed by atoms with Crippen LogP contribution in [0.15, 0.2) is 24.3 Å². The zero-order valence-electron chi connectivity index (χ0n) is 11.1. The van der Waals surface area contributed by atoms with Gasteiger partial charge in [0.15, 0.2) is 0 Å². The molecule has 0 radical (unpaired) electrons. The van der Waals surface area contributed by atoms with Gasteiger partial charge in [0.2, 0.25) is 0 Å². The van der Waals surface area contributed by atoms with E-state index in [2.05, 4.69) is 25.1 Å². The zero-order valence-corrected chi connectivity index (χ0v) is 11.1. The molecule has 2 rings (SSSR count). The van der Waals surface area contributed by atoms with E-state index in [4.69, 9.17) is 4.74 Å². The van der Waals surface area contributed by atoms with Crippen LogP contribution in [-0.4, -0.2) is 7.11 Å². The largest absolute Gasteiger partial charge is 0.497 e. The molecule has 0 aliphatic heterocycles. The van der Waals surface area contributed by atoms with E-state index in [0.717, 1.165) is 17.6 Å². The Balaban J connectivity index is 1.75. The first-order valence-electron chi connectivity index (χ1n) is 6.96. The monoisotopic (exact) mass is 232 g/mol. The van der Waals surface area contributed by atoms with Crippen LogP contribution in [0.25, 0.3) is 0 Å². The van der Waals surface area contributed by atoms with Gasteiger partial charge in [0.25, 0.3) is 0 Å². The molecule has 1 aromatic rings. The predicted molar refractivity (Wildman–Crippen MR) is 72.4 cm³/mol. The van der Waals surface area contributed by atoms with Crippen molar-refractivity contribution in [2.24, 2.45) is 11.8 Å². The van der Waals surface area contributed by atoms with Crippen LogP contribution in [0.1, 0.15) is 44.6 Å². The van der Waals surface area contributed by atoms with Gasteiger partial charge in [0.1, 0.15) is 5.75 Å². The molecule has 2 atom stereocenters. The highest BCUT2D eigenvalue weighted by Crippen LogP contribution is 2.44. The van der Waals surface area contributed by atoms with Crippen LogP contribution >= 0.6 is 0 Å². The van der Waals surface area contributed by atoms with Crippen molar-refractivity contribution in [3.05, 3.63) is 29.8 Å². The smallest absolute Gasteiger partial charge is 0.119 e. The maximum absolute atomic E-state index is 5.26. The van der Waals surface area contributed by atoms with Gasteiger partial charge in [-0.1, -0.05) is 44.7 Å². The summed E-state index contributed by atoms with van der Waals surface area (Å²) in [6, 6.07) is 8.53. The SMILES string of the molecule is CCCCC[C@@H]1C[C@H]1Cc1cccc(OC)c1. The number of benzene rings is 1. The number of rotatable bonds is 7. The van der Waals surface area contributed by atoms with E-state index in [0.29, 0.717) is 0 Å². The summed E-state index contributed by atoms with van der Waals surface area (Å²) in [7, 11) is 1.74. The topological polar surface area (TPSA) is 9.23 Å². The fourth-order valence-corrected chi connectivity index (χ4v) is 2.67. The van der Waals surface area contributed by atoms with Crippen molar-refractivity contribution in [1.82, 2.24) is 0 Å². The summed E-state index contributed by atoms with van der Waals surface area (Å²) in [6.07, 6.45) is 8.31. The lowest BCUT2D eigenvalue weighted by atomic mass is 10.0. The molecule has 1 heteroatoms.